The highest BCUT2D eigenvalue weighted by molar-refractivity contribution is 6.10. The minimum atomic E-state index is -0.143. The second-order valence-corrected chi connectivity index (χ2v) is 9.79. The van der Waals surface area contributed by atoms with E-state index in [1.165, 1.54) is 64.2 Å². The van der Waals surface area contributed by atoms with E-state index < -0.39 is 0 Å². The van der Waals surface area contributed by atoms with Gasteiger partial charge in [0.2, 0.25) is 0 Å². The van der Waals surface area contributed by atoms with E-state index in [2.05, 4.69) is 19.2 Å². The molecule has 1 amide bonds. The van der Waals surface area contributed by atoms with Crippen LogP contribution in [0.1, 0.15) is 114 Å². The summed E-state index contributed by atoms with van der Waals surface area (Å²) < 4.78 is 2.01. The van der Waals surface area contributed by atoms with Gasteiger partial charge in [0, 0.05) is 13.1 Å². The maximum absolute atomic E-state index is 13.1. The molecule has 0 bridgehead atoms. The summed E-state index contributed by atoms with van der Waals surface area (Å²) in [5.41, 5.74) is 9.99. The lowest BCUT2D eigenvalue weighted by Gasteiger charge is -2.08. The largest absolute Gasteiger partial charge is 0.384 e. The molecule has 35 heavy (non-hydrogen) atoms. The molecule has 0 aliphatic rings. The molecular weight excluding hydrogens is 434 g/mol. The zero-order chi connectivity index (χ0) is 24.9. The number of nitrogen functional groups attached to an aromatic ring is 1. The average molecular weight is 480 g/mol. The van der Waals surface area contributed by atoms with Crippen LogP contribution in [0.2, 0.25) is 0 Å². The Morgan fingerprint density at radius 1 is 0.800 bits per heavy atom. The van der Waals surface area contributed by atoms with Gasteiger partial charge in [-0.2, -0.15) is 0 Å². The minimum Gasteiger partial charge on any atom is -0.384 e. The molecule has 0 aliphatic carbocycles. The number of carbonyl (C=O) groups excluding carboxylic acids is 1. The molecule has 0 aliphatic heterocycles. The third kappa shape index (κ3) is 7.68. The zero-order valence-corrected chi connectivity index (χ0v) is 22.0. The van der Waals surface area contributed by atoms with E-state index in [0.29, 0.717) is 29.1 Å². The van der Waals surface area contributed by atoms with Crippen LogP contribution in [0.5, 0.6) is 0 Å². The van der Waals surface area contributed by atoms with Gasteiger partial charge in [0.1, 0.15) is 16.9 Å². The number of hydrogen-bond acceptors (Lipinski definition) is 4. The third-order valence-electron chi connectivity index (χ3n) is 6.87. The molecule has 0 fully saturated rings. The Morgan fingerprint density at radius 2 is 1.34 bits per heavy atom. The first-order valence-corrected chi connectivity index (χ1v) is 14.0. The highest BCUT2D eigenvalue weighted by Crippen LogP contribution is 2.28. The fourth-order valence-corrected chi connectivity index (χ4v) is 4.77. The number of anilines is 1. The Balaban J connectivity index is 1.66. The SMILES string of the molecule is CCCCCCCCCCCCn1c(N)c(C(=O)NCCCCCC)c2nc3ccccc3nc21. The Labute approximate surface area is 211 Å². The number of hydrogen-bond donors (Lipinski definition) is 2. The molecule has 6 heteroatoms. The molecule has 0 saturated heterocycles. The van der Waals surface area contributed by atoms with Gasteiger partial charge in [0.15, 0.2) is 5.65 Å². The number of rotatable bonds is 17. The van der Waals surface area contributed by atoms with E-state index in [9.17, 15) is 4.79 Å². The summed E-state index contributed by atoms with van der Waals surface area (Å²) in [5, 5.41) is 3.06. The number of nitrogens with two attached hydrogens (primary N) is 1. The first-order valence-electron chi connectivity index (χ1n) is 14.0. The number of fused-ring (bicyclic) bond motifs is 2. The molecule has 2 aromatic heterocycles. The van der Waals surface area contributed by atoms with Crippen LogP contribution in [0.3, 0.4) is 0 Å². The summed E-state index contributed by atoms with van der Waals surface area (Å²) >= 11 is 0. The lowest BCUT2D eigenvalue weighted by molar-refractivity contribution is 0.0955. The molecule has 0 spiro atoms. The van der Waals surface area contributed by atoms with Gasteiger partial charge in [-0.1, -0.05) is 103 Å². The number of nitrogens with one attached hydrogen (secondary N) is 1. The lowest BCUT2D eigenvalue weighted by Crippen LogP contribution is -2.25. The lowest BCUT2D eigenvalue weighted by atomic mass is 10.1. The number of carbonyl (C=O) groups is 1. The second-order valence-electron chi connectivity index (χ2n) is 9.79. The highest BCUT2D eigenvalue weighted by Gasteiger charge is 2.23. The van der Waals surface area contributed by atoms with E-state index in [1.54, 1.807) is 0 Å². The summed E-state index contributed by atoms with van der Waals surface area (Å²) in [6, 6.07) is 7.80. The highest BCUT2D eigenvalue weighted by atomic mass is 16.1. The Kier molecular flexibility index (Phi) is 11.3. The van der Waals surface area contributed by atoms with Crippen molar-refractivity contribution in [2.75, 3.05) is 12.3 Å². The number of unbranched alkanes of at least 4 members (excludes halogenated alkanes) is 12. The molecule has 0 saturated carbocycles. The number of para-hydroxylation sites is 2. The molecular formula is C29H45N5O. The number of amides is 1. The van der Waals surface area contributed by atoms with Gasteiger partial charge in [0.25, 0.3) is 5.91 Å². The second kappa shape index (κ2) is 14.7. The fourth-order valence-electron chi connectivity index (χ4n) is 4.77. The van der Waals surface area contributed by atoms with Crippen molar-refractivity contribution in [3.63, 3.8) is 0 Å². The third-order valence-corrected chi connectivity index (χ3v) is 6.87. The van der Waals surface area contributed by atoms with E-state index in [0.717, 1.165) is 43.3 Å². The average Bonchev–Trinajstić information content (AvgIpc) is 3.13. The van der Waals surface area contributed by atoms with Crippen LogP contribution >= 0.6 is 0 Å². The standard InChI is InChI=1S/C29H45N5O/c1-3-5-7-9-10-11-12-13-14-18-22-34-27(30)25(29(35)31-21-17-8-6-4-2)26-28(34)33-24-20-16-15-19-23(24)32-26/h15-16,19-20H,3-14,17-18,21-22,30H2,1-2H3,(H,31,35). The van der Waals surface area contributed by atoms with Crippen molar-refractivity contribution in [1.82, 2.24) is 19.9 Å². The monoisotopic (exact) mass is 479 g/mol. The Hall–Kier alpha value is -2.63. The van der Waals surface area contributed by atoms with Crippen LogP contribution in [0.25, 0.3) is 22.2 Å². The molecule has 1 aromatic carbocycles. The van der Waals surface area contributed by atoms with Crippen LogP contribution in [-0.4, -0.2) is 27.0 Å². The van der Waals surface area contributed by atoms with Gasteiger partial charge in [-0.25, -0.2) is 9.97 Å². The molecule has 3 rings (SSSR count). The molecule has 3 N–H and O–H groups in total. The van der Waals surface area contributed by atoms with Gasteiger partial charge < -0.3 is 15.6 Å². The van der Waals surface area contributed by atoms with Gasteiger partial charge >= 0.3 is 0 Å². The maximum Gasteiger partial charge on any atom is 0.257 e. The van der Waals surface area contributed by atoms with Crippen molar-refractivity contribution < 1.29 is 4.79 Å². The summed E-state index contributed by atoms with van der Waals surface area (Å²) in [4.78, 5) is 22.8. The minimum absolute atomic E-state index is 0.143. The number of aryl methyl sites for hydroxylation is 1. The van der Waals surface area contributed by atoms with E-state index in [-0.39, 0.29) is 5.91 Å². The van der Waals surface area contributed by atoms with Crippen LogP contribution in [0, 0.1) is 0 Å². The van der Waals surface area contributed by atoms with E-state index in [4.69, 9.17) is 15.7 Å². The fraction of sp³-hybridized carbons (Fsp3) is 0.621. The van der Waals surface area contributed by atoms with Crippen LogP contribution in [0.15, 0.2) is 24.3 Å². The van der Waals surface area contributed by atoms with Gasteiger partial charge in [-0.05, 0) is 25.0 Å². The van der Waals surface area contributed by atoms with E-state index >= 15 is 0 Å². The van der Waals surface area contributed by atoms with Crippen molar-refractivity contribution in [2.45, 2.75) is 110 Å². The van der Waals surface area contributed by atoms with E-state index in [1.807, 2.05) is 28.8 Å². The molecule has 2 heterocycles. The Bertz CT molecular complexity index is 1060. The molecule has 6 nitrogen and oxygen atoms in total. The molecule has 3 aromatic rings. The molecule has 192 valence electrons. The Morgan fingerprint density at radius 3 is 1.97 bits per heavy atom. The first-order chi connectivity index (χ1) is 17.2. The van der Waals surface area contributed by atoms with Crippen molar-refractivity contribution >= 4 is 33.9 Å². The quantitative estimate of drug-likeness (QED) is 0.198. The summed E-state index contributed by atoms with van der Waals surface area (Å²) in [7, 11) is 0. The number of nitrogens with zero attached hydrogens (tertiary/aromatic N) is 3. The molecule has 0 radical (unpaired) electrons. The maximum atomic E-state index is 13.1. The molecule has 0 unspecified atom stereocenters. The topological polar surface area (TPSA) is 85.8 Å². The number of benzene rings is 1. The zero-order valence-electron chi connectivity index (χ0n) is 22.0. The van der Waals surface area contributed by atoms with Crippen molar-refractivity contribution in [3.05, 3.63) is 29.8 Å². The molecule has 0 atom stereocenters. The van der Waals surface area contributed by atoms with Gasteiger partial charge in [-0.15, -0.1) is 0 Å². The number of aromatic nitrogens is 3. The summed E-state index contributed by atoms with van der Waals surface area (Å²) in [6.07, 6.45) is 17.3. The van der Waals surface area contributed by atoms with Crippen LogP contribution in [0.4, 0.5) is 5.82 Å². The smallest absolute Gasteiger partial charge is 0.257 e. The first kappa shape index (κ1) is 27.0. The van der Waals surface area contributed by atoms with Crippen molar-refractivity contribution in [3.8, 4) is 0 Å². The van der Waals surface area contributed by atoms with Gasteiger partial charge in [-0.3, -0.25) is 4.79 Å². The van der Waals surface area contributed by atoms with Crippen LogP contribution in [-0.2, 0) is 6.54 Å². The van der Waals surface area contributed by atoms with Crippen molar-refractivity contribution in [1.29, 1.82) is 0 Å². The summed E-state index contributed by atoms with van der Waals surface area (Å²) in [5.74, 6) is 0.340. The normalized spacial score (nSPS) is 11.5. The predicted octanol–water partition coefficient (Wildman–Crippen LogP) is 7.40. The predicted molar refractivity (Wildman–Crippen MR) is 148 cm³/mol. The van der Waals surface area contributed by atoms with Crippen molar-refractivity contribution in [2.24, 2.45) is 0 Å². The summed E-state index contributed by atoms with van der Waals surface area (Å²) in [6.45, 7) is 5.87. The van der Waals surface area contributed by atoms with Gasteiger partial charge in [0.05, 0.1) is 11.0 Å². The van der Waals surface area contributed by atoms with Crippen LogP contribution < -0.4 is 11.1 Å².